The first-order valence-electron chi connectivity index (χ1n) is 7.63. The summed E-state index contributed by atoms with van der Waals surface area (Å²) in [5.41, 5.74) is 6.46. The fraction of sp³-hybridized carbons (Fsp3) is 0.125. The van der Waals surface area contributed by atoms with E-state index >= 15 is 0 Å². The van der Waals surface area contributed by atoms with Crippen molar-refractivity contribution in [1.29, 1.82) is 0 Å². The SMILES string of the molecule is NC(=O)[C@H](CC(=O)NO)NS(=O)(=O)c1ccc2c(c1)Sc1ccccc1O2. The lowest BCUT2D eigenvalue weighted by atomic mass is 10.2. The van der Waals surface area contributed by atoms with Crippen molar-refractivity contribution >= 4 is 33.6 Å². The summed E-state index contributed by atoms with van der Waals surface area (Å²) in [6.45, 7) is 0. The predicted molar refractivity (Wildman–Crippen MR) is 94.9 cm³/mol. The molecule has 2 amide bonds. The van der Waals surface area contributed by atoms with E-state index in [-0.39, 0.29) is 4.90 Å². The van der Waals surface area contributed by atoms with Crippen LogP contribution in [-0.2, 0) is 19.6 Å². The van der Waals surface area contributed by atoms with E-state index < -0.39 is 34.3 Å². The van der Waals surface area contributed by atoms with E-state index in [9.17, 15) is 18.0 Å². The number of amides is 2. The lowest BCUT2D eigenvalue weighted by molar-refractivity contribution is -0.132. The Kier molecular flexibility index (Phi) is 5.37. The maximum Gasteiger partial charge on any atom is 0.245 e. The van der Waals surface area contributed by atoms with Crippen LogP contribution in [0, 0.1) is 0 Å². The normalized spacial score (nSPS) is 13.7. The number of fused-ring (bicyclic) bond motifs is 2. The van der Waals surface area contributed by atoms with Crippen LogP contribution in [-0.4, -0.2) is 31.5 Å². The number of hydrogen-bond acceptors (Lipinski definition) is 7. The van der Waals surface area contributed by atoms with E-state index in [0.717, 1.165) is 4.90 Å². The van der Waals surface area contributed by atoms with Crippen LogP contribution >= 0.6 is 11.8 Å². The zero-order valence-electron chi connectivity index (χ0n) is 13.7. The fourth-order valence-corrected chi connectivity index (χ4v) is 4.66. The van der Waals surface area contributed by atoms with Crippen LogP contribution < -0.4 is 20.7 Å². The van der Waals surface area contributed by atoms with Crippen LogP contribution in [0.2, 0.25) is 0 Å². The number of hydroxylamine groups is 1. The van der Waals surface area contributed by atoms with E-state index in [1.165, 1.54) is 35.4 Å². The van der Waals surface area contributed by atoms with Gasteiger partial charge in [0.2, 0.25) is 21.8 Å². The van der Waals surface area contributed by atoms with Gasteiger partial charge < -0.3 is 10.5 Å². The number of nitrogens with two attached hydrogens (primary N) is 1. The standard InChI is InChI=1S/C16H15N3O6S2/c17-16(21)10(8-15(20)18-22)19-27(23,24)9-5-6-12-14(7-9)26-13-4-2-1-3-11(13)25-12/h1-7,10,19,22H,8H2,(H2,17,21)(H,18,20)/t10-/m0/s1. The molecule has 0 saturated heterocycles. The van der Waals surface area contributed by atoms with Crippen LogP contribution in [0.15, 0.2) is 57.2 Å². The number of sulfonamides is 1. The van der Waals surface area contributed by atoms with Gasteiger partial charge in [0.1, 0.15) is 17.5 Å². The minimum absolute atomic E-state index is 0.118. The lowest BCUT2D eigenvalue weighted by Crippen LogP contribution is -2.46. The summed E-state index contributed by atoms with van der Waals surface area (Å²) in [4.78, 5) is 24.0. The third kappa shape index (κ3) is 4.22. The summed E-state index contributed by atoms with van der Waals surface area (Å²) in [6.07, 6.45) is -0.638. The quantitative estimate of drug-likeness (QED) is 0.350. The second-order valence-electron chi connectivity index (χ2n) is 5.57. The topological polar surface area (TPSA) is 148 Å². The minimum atomic E-state index is -4.15. The molecule has 0 saturated carbocycles. The number of ether oxygens (including phenoxy) is 1. The first kappa shape index (κ1) is 19.2. The highest BCUT2D eigenvalue weighted by Gasteiger charge is 2.28. The van der Waals surface area contributed by atoms with E-state index in [2.05, 4.69) is 4.72 Å². The number of carbonyl (C=O) groups excluding carboxylic acids is 2. The van der Waals surface area contributed by atoms with Gasteiger partial charge in [-0.3, -0.25) is 14.8 Å². The molecule has 2 aromatic rings. The molecule has 9 nitrogen and oxygen atoms in total. The zero-order valence-corrected chi connectivity index (χ0v) is 15.3. The number of hydrogen-bond donors (Lipinski definition) is 4. The van der Waals surface area contributed by atoms with E-state index in [0.29, 0.717) is 16.4 Å². The van der Waals surface area contributed by atoms with Crippen molar-refractivity contribution in [3.63, 3.8) is 0 Å². The summed E-state index contributed by atoms with van der Waals surface area (Å²) in [5, 5.41) is 8.55. The van der Waals surface area contributed by atoms with Crippen LogP contribution in [0.25, 0.3) is 0 Å². The largest absolute Gasteiger partial charge is 0.455 e. The van der Waals surface area contributed by atoms with Crippen LogP contribution in [0.1, 0.15) is 6.42 Å². The van der Waals surface area contributed by atoms with Crippen molar-refractivity contribution in [2.75, 3.05) is 0 Å². The molecule has 2 aromatic carbocycles. The molecule has 3 rings (SSSR count). The Morgan fingerprint density at radius 3 is 2.56 bits per heavy atom. The molecule has 142 valence electrons. The zero-order chi connectivity index (χ0) is 19.6. The monoisotopic (exact) mass is 409 g/mol. The molecule has 27 heavy (non-hydrogen) atoms. The first-order chi connectivity index (χ1) is 12.8. The van der Waals surface area contributed by atoms with E-state index in [4.69, 9.17) is 15.7 Å². The van der Waals surface area contributed by atoms with E-state index in [1.807, 2.05) is 18.2 Å². The highest BCUT2D eigenvalue weighted by Crippen LogP contribution is 2.47. The average molecular weight is 409 g/mol. The Labute approximate surface area is 158 Å². The van der Waals surface area contributed by atoms with E-state index in [1.54, 1.807) is 6.07 Å². The van der Waals surface area contributed by atoms with Gasteiger partial charge in [-0.1, -0.05) is 23.9 Å². The Morgan fingerprint density at radius 2 is 1.85 bits per heavy atom. The Balaban J connectivity index is 1.86. The molecule has 0 radical (unpaired) electrons. The van der Waals surface area contributed by atoms with Crippen molar-refractivity contribution in [1.82, 2.24) is 10.2 Å². The van der Waals surface area contributed by atoms with Gasteiger partial charge in [-0.25, -0.2) is 13.9 Å². The molecule has 0 aliphatic carbocycles. The van der Waals surface area contributed by atoms with Gasteiger partial charge in [0.05, 0.1) is 21.1 Å². The Bertz CT molecular complexity index is 1010. The van der Waals surface area contributed by atoms with Gasteiger partial charge in [-0.2, -0.15) is 4.72 Å². The average Bonchev–Trinajstić information content (AvgIpc) is 2.64. The van der Waals surface area contributed by atoms with Crippen molar-refractivity contribution < 1.29 is 28.0 Å². The maximum absolute atomic E-state index is 12.6. The van der Waals surface area contributed by atoms with Gasteiger partial charge in [-0.15, -0.1) is 0 Å². The van der Waals surface area contributed by atoms with Crippen molar-refractivity contribution in [2.24, 2.45) is 5.73 Å². The molecule has 0 bridgehead atoms. The number of benzene rings is 2. The Morgan fingerprint density at radius 1 is 1.15 bits per heavy atom. The summed E-state index contributed by atoms with van der Waals surface area (Å²) in [5.74, 6) is -0.824. The molecule has 5 N–H and O–H groups in total. The molecule has 1 aliphatic rings. The van der Waals surface area contributed by atoms with Crippen LogP contribution in [0.3, 0.4) is 0 Å². The fourth-order valence-electron chi connectivity index (χ4n) is 2.36. The smallest absolute Gasteiger partial charge is 0.245 e. The third-order valence-electron chi connectivity index (χ3n) is 3.67. The molecule has 1 aliphatic heterocycles. The minimum Gasteiger partial charge on any atom is -0.455 e. The summed E-state index contributed by atoms with van der Waals surface area (Å²) in [6, 6.07) is 10.0. The van der Waals surface area contributed by atoms with Crippen molar-refractivity contribution in [3.8, 4) is 11.5 Å². The summed E-state index contributed by atoms with van der Waals surface area (Å²) in [7, 11) is -4.15. The third-order valence-corrected chi connectivity index (χ3v) is 6.24. The molecular weight excluding hydrogens is 394 g/mol. The maximum atomic E-state index is 12.6. The summed E-state index contributed by atoms with van der Waals surface area (Å²) >= 11 is 1.35. The molecule has 0 spiro atoms. The molecule has 11 heteroatoms. The number of carbonyl (C=O) groups is 2. The summed E-state index contributed by atoms with van der Waals surface area (Å²) < 4.78 is 33.0. The van der Waals surface area contributed by atoms with Crippen LogP contribution in [0.4, 0.5) is 0 Å². The highest BCUT2D eigenvalue weighted by molar-refractivity contribution is 7.99. The number of nitrogens with one attached hydrogen (secondary N) is 2. The van der Waals surface area contributed by atoms with Gasteiger partial charge in [0.15, 0.2) is 0 Å². The first-order valence-corrected chi connectivity index (χ1v) is 9.93. The number of primary amides is 1. The lowest BCUT2D eigenvalue weighted by Gasteiger charge is -2.20. The molecular formula is C16H15N3O6S2. The molecule has 0 aromatic heterocycles. The van der Waals surface area contributed by atoms with Crippen LogP contribution in [0.5, 0.6) is 11.5 Å². The molecule has 1 heterocycles. The van der Waals surface area contributed by atoms with Gasteiger partial charge in [0, 0.05) is 0 Å². The van der Waals surface area contributed by atoms with Crippen molar-refractivity contribution in [3.05, 3.63) is 42.5 Å². The second kappa shape index (κ2) is 7.56. The Hall–Kier alpha value is -2.60. The van der Waals surface area contributed by atoms with Gasteiger partial charge >= 0.3 is 0 Å². The highest BCUT2D eigenvalue weighted by atomic mass is 32.2. The van der Waals surface area contributed by atoms with Gasteiger partial charge in [-0.05, 0) is 30.3 Å². The number of rotatable bonds is 6. The predicted octanol–water partition coefficient (Wildman–Crippen LogP) is 0.971. The molecule has 0 fully saturated rings. The van der Waals surface area contributed by atoms with Crippen molar-refractivity contribution in [2.45, 2.75) is 27.1 Å². The number of para-hydroxylation sites is 1. The molecule has 0 unspecified atom stereocenters. The van der Waals surface area contributed by atoms with Gasteiger partial charge in [0.25, 0.3) is 0 Å². The second-order valence-corrected chi connectivity index (χ2v) is 8.37. The molecule has 1 atom stereocenters.